The minimum atomic E-state index is -3.31. The molecule has 0 radical (unpaired) electrons. The van der Waals surface area contributed by atoms with E-state index >= 15 is 9.13 Å². The lowest BCUT2D eigenvalue weighted by molar-refractivity contribution is 0.590. The SMILES string of the molecule is C=C/C=C(\C=C)P(=O)(c1ccccc1)c1ccc(-c2nc(-c3ccc(P(=C)(c4ccccc4)c4ccccc4)cc3)nc(-c3ccc(P(=O)(c4ccccc4)c4ccccc4)cc3)n2)cc1. The van der Waals surface area contributed by atoms with Crippen molar-refractivity contribution in [3.63, 3.8) is 0 Å². The third-order valence-corrected chi connectivity index (χ3v) is 21.5. The first-order valence-electron chi connectivity index (χ1n) is 21.5. The van der Waals surface area contributed by atoms with Gasteiger partial charge in [0.2, 0.25) is 0 Å². The van der Waals surface area contributed by atoms with Crippen LogP contribution in [0.3, 0.4) is 0 Å². The fraction of sp³-hybridized carbons (Fsp3) is 0. The second-order valence-corrected chi connectivity index (χ2v) is 24.4. The molecule has 9 rings (SSSR count). The molecule has 0 fully saturated rings. The third kappa shape index (κ3) is 8.30. The molecule has 320 valence electrons. The summed E-state index contributed by atoms with van der Waals surface area (Å²) in [6, 6.07) is 73.4. The maximum Gasteiger partial charge on any atom is 0.171 e. The summed E-state index contributed by atoms with van der Waals surface area (Å²) in [5.41, 5.74) is 2.26. The minimum Gasteiger partial charge on any atom is -0.309 e. The number of hydrogen-bond acceptors (Lipinski definition) is 5. The Labute approximate surface area is 387 Å². The smallest absolute Gasteiger partial charge is 0.171 e. The van der Waals surface area contributed by atoms with Crippen molar-refractivity contribution in [3.8, 4) is 34.2 Å². The summed E-state index contributed by atoms with van der Waals surface area (Å²) in [7, 11) is -6.53. The van der Waals surface area contributed by atoms with Gasteiger partial charge in [0.15, 0.2) is 31.8 Å². The highest BCUT2D eigenvalue weighted by atomic mass is 31.2. The predicted molar refractivity (Wildman–Crippen MR) is 283 cm³/mol. The Hall–Kier alpha value is -7.25. The van der Waals surface area contributed by atoms with Gasteiger partial charge in [0, 0.05) is 48.5 Å². The zero-order chi connectivity index (χ0) is 45.6. The van der Waals surface area contributed by atoms with Crippen LogP contribution < -0.4 is 42.4 Å². The van der Waals surface area contributed by atoms with Crippen molar-refractivity contribution in [3.05, 3.63) is 261 Å². The van der Waals surface area contributed by atoms with E-state index in [2.05, 4.69) is 86.0 Å². The van der Waals surface area contributed by atoms with Crippen molar-refractivity contribution in [2.45, 2.75) is 0 Å². The van der Waals surface area contributed by atoms with Gasteiger partial charge in [0.25, 0.3) is 0 Å². The van der Waals surface area contributed by atoms with E-state index in [0.717, 1.165) is 32.6 Å². The van der Waals surface area contributed by atoms with Crippen LogP contribution in [0.1, 0.15) is 0 Å². The Balaban J connectivity index is 1.17. The number of allylic oxidation sites excluding steroid dienone is 4. The van der Waals surface area contributed by atoms with E-state index in [4.69, 9.17) is 21.3 Å². The van der Waals surface area contributed by atoms with Crippen molar-refractivity contribution < 1.29 is 9.13 Å². The molecule has 66 heavy (non-hydrogen) atoms. The zero-order valence-corrected chi connectivity index (χ0v) is 38.9. The average Bonchev–Trinajstić information content (AvgIpc) is 3.40. The molecule has 1 heterocycles. The number of rotatable bonds is 14. The summed E-state index contributed by atoms with van der Waals surface area (Å²) in [5.74, 6) is 1.38. The van der Waals surface area contributed by atoms with Crippen LogP contribution >= 0.6 is 21.2 Å². The van der Waals surface area contributed by atoms with Gasteiger partial charge in [-0.25, -0.2) is 15.0 Å². The topological polar surface area (TPSA) is 72.8 Å². The van der Waals surface area contributed by atoms with Crippen LogP contribution in [-0.2, 0) is 9.13 Å². The second-order valence-electron chi connectivity index (χ2n) is 15.7. The molecule has 0 aliphatic heterocycles. The lowest BCUT2D eigenvalue weighted by Crippen LogP contribution is -2.25. The zero-order valence-electron chi connectivity index (χ0n) is 36.2. The second kappa shape index (κ2) is 19.1. The molecule has 1 atom stereocenters. The summed E-state index contributed by atoms with van der Waals surface area (Å²) in [5, 5.41) is 7.63. The lowest BCUT2D eigenvalue weighted by atomic mass is 10.1. The highest BCUT2D eigenvalue weighted by molar-refractivity contribution is 7.93. The Morgan fingerprint density at radius 1 is 0.364 bits per heavy atom. The molecule has 8 aromatic carbocycles. The standard InChI is InChI=1S/C58H46N3O2P3/c1-4-21-47(5-2)65(62,51-26-15-8-16-27-51)54-40-34-45(35-41-54)57-59-56(44-32-38-50(39-33-44)64(3,48-22-11-6-12-23-48)49-24-13-7-14-25-49)60-58(61-57)46-36-42-55(43-37-46)66(63,52-28-17-9-18-29-52)53-30-19-10-20-31-53/h4-43H,1-3H2/b47-21+. The normalized spacial score (nSPS) is 12.8. The first-order valence-corrected chi connectivity index (χ1v) is 26.9. The number of aromatic nitrogens is 3. The molecule has 9 aromatic rings. The number of benzene rings is 8. The fourth-order valence-corrected chi connectivity index (χ4v) is 16.5. The van der Waals surface area contributed by atoms with Gasteiger partial charge in [-0.1, -0.05) is 262 Å². The molecule has 0 aliphatic carbocycles. The lowest BCUT2D eigenvalue weighted by Gasteiger charge is -2.26. The highest BCUT2D eigenvalue weighted by Gasteiger charge is 2.32. The summed E-state index contributed by atoms with van der Waals surface area (Å²) in [6.07, 6.45) is 9.98. The molecular formula is C58H46N3O2P3. The van der Waals surface area contributed by atoms with Crippen LogP contribution in [0.4, 0.5) is 0 Å². The Morgan fingerprint density at radius 2 is 0.636 bits per heavy atom. The molecule has 0 bridgehead atoms. The van der Waals surface area contributed by atoms with Crippen molar-refractivity contribution in [1.29, 1.82) is 0 Å². The third-order valence-electron chi connectivity index (χ3n) is 11.8. The summed E-state index contributed by atoms with van der Waals surface area (Å²) in [4.78, 5) is 15.3. The predicted octanol–water partition coefficient (Wildman–Crippen LogP) is 10.8. The highest BCUT2D eigenvalue weighted by Crippen LogP contribution is 2.52. The van der Waals surface area contributed by atoms with Gasteiger partial charge in [0.05, 0.1) is 0 Å². The van der Waals surface area contributed by atoms with Gasteiger partial charge >= 0.3 is 0 Å². The molecule has 0 saturated heterocycles. The average molecular weight is 910 g/mol. The van der Waals surface area contributed by atoms with E-state index in [9.17, 15) is 0 Å². The van der Waals surface area contributed by atoms with Gasteiger partial charge < -0.3 is 9.13 Å². The van der Waals surface area contributed by atoms with Crippen LogP contribution in [0.2, 0.25) is 0 Å². The van der Waals surface area contributed by atoms with Crippen LogP contribution in [-0.4, -0.2) is 21.3 Å². The molecular weight excluding hydrogens is 864 g/mol. The van der Waals surface area contributed by atoms with Gasteiger partial charge in [-0.15, -0.1) is 0 Å². The quantitative estimate of drug-likeness (QED) is 0.0803. The van der Waals surface area contributed by atoms with Gasteiger partial charge in [-0.05, 0) is 22.8 Å². The van der Waals surface area contributed by atoms with E-state index in [1.807, 2.05) is 152 Å². The molecule has 1 aromatic heterocycles. The number of hydrogen-bond donors (Lipinski definition) is 0. The molecule has 0 aliphatic rings. The largest absolute Gasteiger partial charge is 0.309 e. The molecule has 0 spiro atoms. The Kier molecular flexibility index (Phi) is 12.7. The van der Waals surface area contributed by atoms with Gasteiger partial charge in [0.1, 0.15) is 0 Å². The van der Waals surface area contributed by atoms with Crippen LogP contribution in [0.5, 0.6) is 0 Å². The number of nitrogens with zero attached hydrogens (tertiary/aromatic N) is 3. The van der Waals surface area contributed by atoms with E-state index in [1.54, 1.807) is 18.2 Å². The summed E-state index contributed by atoms with van der Waals surface area (Å²) in [6.45, 7) is 5.64. The summed E-state index contributed by atoms with van der Waals surface area (Å²) >= 11 is 0. The van der Waals surface area contributed by atoms with E-state index in [1.165, 1.54) is 10.6 Å². The monoisotopic (exact) mass is 909 g/mol. The van der Waals surface area contributed by atoms with Crippen molar-refractivity contribution in [1.82, 2.24) is 15.0 Å². The van der Waals surface area contributed by atoms with Gasteiger partial charge in [-0.2, -0.15) is 0 Å². The van der Waals surface area contributed by atoms with E-state index in [-0.39, 0.29) is 0 Å². The Morgan fingerprint density at radius 3 is 0.985 bits per heavy atom. The summed E-state index contributed by atoms with van der Waals surface area (Å²) < 4.78 is 30.4. The van der Waals surface area contributed by atoms with Crippen molar-refractivity contribution in [2.24, 2.45) is 0 Å². The first-order chi connectivity index (χ1) is 32.3. The van der Waals surface area contributed by atoms with Crippen LogP contribution in [0.25, 0.3) is 34.2 Å². The molecule has 0 N–H and O–H groups in total. The van der Waals surface area contributed by atoms with Crippen LogP contribution in [0, 0.1) is 0 Å². The van der Waals surface area contributed by atoms with Crippen molar-refractivity contribution in [2.75, 3.05) is 0 Å². The maximum absolute atomic E-state index is 15.2. The minimum absolute atomic E-state index is 0.446. The fourth-order valence-electron chi connectivity index (χ4n) is 8.31. The van der Waals surface area contributed by atoms with Crippen molar-refractivity contribution >= 4 is 69.9 Å². The molecule has 8 heteroatoms. The van der Waals surface area contributed by atoms with Gasteiger partial charge in [-0.3, -0.25) is 0 Å². The van der Waals surface area contributed by atoms with Crippen LogP contribution in [0.15, 0.2) is 261 Å². The molecule has 5 nitrogen and oxygen atoms in total. The Bertz CT molecular complexity index is 3080. The molecule has 0 saturated carbocycles. The first kappa shape index (κ1) is 44.0. The van der Waals surface area contributed by atoms with E-state index < -0.39 is 21.2 Å². The molecule has 0 amide bonds. The maximum atomic E-state index is 15.2. The van der Waals surface area contributed by atoms with E-state index in [0.29, 0.717) is 38.7 Å². The molecule has 1 unspecified atom stereocenters.